The Labute approximate surface area is 800 Å². The molecule has 0 unspecified atom stereocenters. The molecule has 17 nitrogen and oxygen atoms in total. The lowest BCUT2D eigenvalue weighted by molar-refractivity contribution is 0.100. The zero-order valence-electron chi connectivity index (χ0n) is 73.5. The van der Waals surface area contributed by atoms with Gasteiger partial charge in [-0.2, -0.15) is 5.26 Å². The Bertz CT molecular complexity index is 8450. The van der Waals surface area contributed by atoms with Gasteiger partial charge in [-0.05, 0) is 234 Å². The molecule has 138 heavy (non-hydrogen) atoms. The predicted molar refractivity (Wildman–Crippen MR) is 517 cm³/mol. The highest BCUT2D eigenvalue weighted by Gasteiger charge is 2.37. The van der Waals surface area contributed by atoms with Crippen LogP contribution < -0.4 is 0 Å². The van der Waals surface area contributed by atoms with E-state index in [0.717, 1.165) is 119 Å². The van der Waals surface area contributed by atoms with Crippen molar-refractivity contribution in [2.24, 2.45) is 0 Å². The van der Waals surface area contributed by atoms with E-state index in [0.29, 0.717) is 98.8 Å². The molecule has 6 heterocycles. The van der Waals surface area contributed by atoms with Gasteiger partial charge >= 0.3 is 0 Å². The first-order chi connectivity index (χ1) is 65.7. The number of carbonyl (C=O) groups excluding carboxylic acids is 3. The van der Waals surface area contributed by atoms with Gasteiger partial charge < -0.3 is 9.41 Å². The zero-order chi connectivity index (χ0) is 98.7. The summed E-state index contributed by atoms with van der Waals surface area (Å²) >= 11 is 19.8. The fraction of sp³-hybridized carbons (Fsp3) is 0.0943. The van der Waals surface area contributed by atoms with Crippen molar-refractivity contribution < 1.29 is 79.2 Å². The van der Waals surface area contributed by atoms with Crippen LogP contribution in [0.1, 0.15) is 116 Å². The first-order valence-electron chi connectivity index (χ1n) is 42.0. The molecule has 0 fully saturated rings. The molecule has 0 atom stereocenters. The molecule has 692 valence electrons. The minimum atomic E-state index is -4.60. The van der Waals surface area contributed by atoms with Crippen LogP contribution in [0.3, 0.4) is 0 Å². The van der Waals surface area contributed by atoms with Crippen molar-refractivity contribution in [2.45, 2.75) is 82.4 Å². The summed E-state index contributed by atoms with van der Waals surface area (Å²) in [6.07, 6.45) is -5.06. The molecule has 0 aliphatic rings. The number of halogens is 12. The van der Waals surface area contributed by atoms with E-state index in [1.54, 1.807) is 122 Å². The maximum Gasteiger partial charge on any atom is 0.268 e. The third kappa shape index (κ3) is 18.0. The van der Waals surface area contributed by atoms with E-state index >= 15 is 0 Å². The van der Waals surface area contributed by atoms with Gasteiger partial charge in [0, 0.05) is 122 Å². The van der Waals surface area contributed by atoms with E-state index in [1.165, 1.54) is 86.0 Å². The smallest absolute Gasteiger partial charge is 0.268 e. The Hall–Kier alpha value is -15.0. The lowest BCUT2D eigenvalue weighted by atomic mass is 9.92. The van der Waals surface area contributed by atoms with E-state index in [-0.39, 0.29) is 116 Å². The summed E-state index contributed by atoms with van der Waals surface area (Å²) < 4.78 is 218. The molecular weight excluding hydrogens is 1900 g/mol. The standard InChI is InChI=1S/C36H26ClF3N2O3S.C35H20ClF3N4O3S.C35H26ClF3N2O3S/c1-20-18-41-19-21(2)33(20)34-30-17-27(38)10-14-32(30)42(46(44,45)28-11-7-23(8-12-28)36(39)40)35(34)26-6-4-5-25(15-26)29-13-9-24(22(3)43)16-31(29)37;1-20(44)22-8-13-28(30(36)17-22)23-4-3-5-24(16-23)33-34(42-26(19-40)10-15-32(42)41-2)29-18-25(37)9-14-31(29)43(33)47(45,46)27-11-6-21(7-12-27)35(38)39;1-20-7-8-21(2)40(20)34-30-19-27(37)12-16-32(30)41(45(43,44)28-13-9-23(10-14-28)35(38)39)33(34)26-6-4-5-25(17-26)29-15-11-24(22(3)42)18-31(29)36/h4-19,36H,1-3H3;3-18,35H,1H3;4-19,35H,1-3H3. The summed E-state index contributed by atoms with van der Waals surface area (Å²) in [5.41, 5.74) is 10.7. The minimum absolute atomic E-state index is 0.0112. The normalized spacial score (nSPS) is 11.7. The topological polar surface area (TPSA) is 219 Å². The highest BCUT2D eigenvalue weighted by atomic mass is 35.5. The Morgan fingerprint density at radius 2 is 0.696 bits per heavy atom. The van der Waals surface area contributed by atoms with Gasteiger partial charge in [-0.25, -0.2) is 81.3 Å². The van der Waals surface area contributed by atoms with E-state index in [9.17, 15) is 84.4 Å². The highest BCUT2D eigenvalue weighted by molar-refractivity contribution is 7.91. The number of pyridine rings is 1. The summed E-state index contributed by atoms with van der Waals surface area (Å²) in [4.78, 5) is 42.8. The van der Waals surface area contributed by atoms with Crippen molar-refractivity contribution >= 4 is 121 Å². The summed E-state index contributed by atoms with van der Waals surface area (Å²) in [5, 5.41) is 11.7. The van der Waals surface area contributed by atoms with Gasteiger partial charge in [0.1, 0.15) is 29.2 Å². The average Bonchev–Trinajstić information content (AvgIpc) is 1.57. The van der Waals surface area contributed by atoms with Crippen LogP contribution in [0.4, 0.5) is 45.3 Å². The Kier molecular flexibility index (Phi) is 26.7. The van der Waals surface area contributed by atoms with Crippen LogP contribution in [-0.4, -0.2) is 68.6 Å². The number of rotatable bonds is 21. The number of aryl methyl sites for hydroxylation is 4. The first kappa shape index (κ1) is 96.2. The molecule has 0 aliphatic heterocycles. The number of carbonyl (C=O) groups is 3. The van der Waals surface area contributed by atoms with E-state index < -0.39 is 66.8 Å². The van der Waals surface area contributed by atoms with Crippen molar-refractivity contribution in [1.29, 1.82) is 5.26 Å². The Balaban J connectivity index is 0.000000150. The van der Waals surface area contributed by atoms with Crippen molar-refractivity contribution in [3.8, 4) is 95.7 Å². The molecule has 18 rings (SSSR count). The third-order valence-electron chi connectivity index (χ3n) is 23.5. The number of alkyl halides is 6. The number of fused-ring (bicyclic) bond motifs is 3. The molecule has 0 radical (unpaired) electrons. The molecule has 6 aromatic heterocycles. The van der Waals surface area contributed by atoms with Crippen LogP contribution >= 0.6 is 34.8 Å². The molecule has 12 aromatic carbocycles. The van der Waals surface area contributed by atoms with E-state index in [4.69, 9.17) is 41.4 Å². The quantitative estimate of drug-likeness (QED) is 0.0374. The van der Waals surface area contributed by atoms with Gasteiger partial charge in [-0.3, -0.25) is 19.4 Å². The fourth-order valence-electron chi connectivity index (χ4n) is 16.9. The van der Waals surface area contributed by atoms with Crippen LogP contribution in [0.2, 0.25) is 15.1 Å². The van der Waals surface area contributed by atoms with Crippen molar-refractivity contribution in [2.75, 3.05) is 0 Å². The molecule has 0 saturated carbocycles. The third-order valence-corrected chi connectivity index (χ3v) is 29.6. The van der Waals surface area contributed by atoms with Gasteiger partial charge in [0.25, 0.3) is 49.3 Å². The summed E-state index contributed by atoms with van der Waals surface area (Å²) in [7, 11) is -13.5. The lowest BCUT2D eigenvalue weighted by Crippen LogP contribution is -2.15. The van der Waals surface area contributed by atoms with Crippen LogP contribution in [0.15, 0.2) is 306 Å². The SMILES string of the molecule is CC(=O)c1ccc(-c2cccc(-c3c(-c4c(C)cncc4C)c4cc(F)ccc4n3S(=O)(=O)c3ccc(C(F)F)cc3)c2)c(Cl)c1.CC(=O)c1ccc(-c2cccc(-c3c(-n4c(C)ccc4C)c4cc(F)ccc4n3S(=O)(=O)c3ccc(C(F)F)cc3)c2)c(Cl)c1.[C-]#[N+]c1ccc(C#N)n1-c1c(-c2cccc(-c3ccc(C(C)=O)cc3Cl)c2)n(S(=O)(=O)c2ccc(C(F)F)cc2)c2ccc(F)cc12. The molecule has 0 aliphatic carbocycles. The molecule has 0 bridgehead atoms. The number of aromatic nitrogens is 6. The predicted octanol–water partition coefficient (Wildman–Crippen LogP) is 28.7. The molecule has 32 heteroatoms. The molecule has 0 spiro atoms. The van der Waals surface area contributed by atoms with Gasteiger partial charge in [0.2, 0.25) is 5.82 Å². The van der Waals surface area contributed by atoms with E-state index in [1.807, 2.05) is 62.6 Å². The second kappa shape index (κ2) is 38.3. The number of ketones is 3. The number of nitrogens with zero attached hydrogens (tertiary/aromatic N) is 8. The van der Waals surface area contributed by atoms with Crippen LogP contribution in [-0.2, 0) is 30.1 Å². The van der Waals surface area contributed by atoms with Gasteiger partial charge in [-0.1, -0.05) is 169 Å². The monoisotopic (exact) mass is 1970 g/mol. The number of hydrogen-bond donors (Lipinski definition) is 0. The summed E-state index contributed by atoms with van der Waals surface area (Å²) in [5.74, 6) is -2.32. The largest absolute Gasteiger partial charge is 0.364 e. The number of nitriles is 1. The summed E-state index contributed by atoms with van der Waals surface area (Å²) in [6, 6.07) is 68.3. The van der Waals surface area contributed by atoms with Crippen LogP contribution in [0.25, 0.3) is 127 Å². The van der Waals surface area contributed by atoms with Crippen molar-refractivity contribution in [3.63, 3.8) is 0 Å². The number of hydrogen-bond acceptors (Lipinski definition) is 11. The van der Waals surface area contributed by atoms with Gasteiger partial charge in [-0.15, -0.1) is 0 Å². The molecular formula is C106H72Cl3F9N8O9S3. The number of Topliss-reactive ketones (excluding diaryl/α,β-unsaturated/α-hetero) is 3. The second-order valence-corrected chi connectivity index (χ2v) is 38.8. The van der Waals surface area contributed by atoms with Crippen LogP contribution in [0, 0.1) is 63.0 Å². The Morgan fingerprint density at radius 3 is 1.02 bits per heavy atom. The Morgan fingerprint density at radius 1 is 0.377 bits per heavy atom. The fourth-order valence-corrected chi connectivity index (χ4v) is 22.4. The first-order valence-corrected chi connectivity index (χ1v) is 47.4. The zero-order valence-corrected chi connectivity index (χ0v) is 78.2. The highest BCUT2D eigenvalue weighted by Crippen LogP contribution is 2.50. The molecule has 0 saturated heterocycles. The van der Waals surface area contributed by atoms with Gasteiger partial charge in [0.05, 0.1) is 53.7 Å². The molecule has 18 aromatic rings. The maximum absolute atomic E-state index is 15.0. The van der Waals surface area contributed by atoms with Crippen LogP contribution in [0.5, 0.6) is 0 Å². The van der Waals surface area contributed by atoms with E-state index in [2.05, 4.69) is 9.83 Å². The lowest BCUT2D eigenvalue weighted by Gasteiger charge is -2.17. The van der Waals surface area contributed by atoms with Gasteiger partial charge in [0.15, 0.2) is 28.7 Å². The maximum atomic E-state index is 15.0. The minimum Gasteiger partial charge on any atom is -0.364 e. The van der Waals surface area contributed by atoms with Crippen molar-refractivity contribution in [1.82, 2.24) is 26.0 Å². The average molecular weight is 1980 g/mol. The molecule has 0 N–H and O–H groups in total. The molecule has 0 amide bonds. The van der Waals surface area contributed by atoms with Crippen molar-refractivity contribution in [3.05, 3.63) is 397 Å². The summed E-state index contributed by atoms with van der Waals surface area (Å²) in [6.45, 7) is 19.5. The number of benzene rings is 12. The second-order valence-electron chi connectivity index (χ2n) is 32.3.